The average molecular weight is 440 g/mol. The zero-order valence-corrected chi connectivity index (χ0v) is 16.9. The maximum absolute atomic E-state index is 12.8. The molecule has 0 radical (unpaired) electrons. The van der Waals surface area contributed by atoms with Crippen molar-refractivity contribution < 1.29 is 14.7 Å². The normalized spacial score (nSPS) is 16.3. The molecule has 0 saturated carbocycles. The molecule has 4 rings (SSSR count). The summed E-state index contributed by atoms with van der Waals surface area (Å²) in [5.41, 5.74) is 1.78. The molecular formula is C20H18ClN7O3. The van der Waals surface area contributed by atoms with E-state index >= 15 is 0 Å². The predicted octanol–water partition coefficient (Wildman–Crippen LogP) is 1.25. The Labute approximate surface area is 182 Å². The Morgan fingerprint density at radius 3 is 2.77 bits per heavy atom. The van der Waals surface area contributed by atoms with E-state index in [2.05, 4.69) is 25.9 Å². The number of carbonyl (C=O) groups is 2. The van der Waals surface area contributed by atoms with Crippen LogP contribution in [0.25, 0.3) is 5.69 Å². The van der Waals surface area contributed by atoms with Gasteiger partial charge in [-0.3, -0.25) is 9.59 Å². The standard InChI is InChI=1S/C20H18ClN7O3/c21-15-6-7-16(27-12-23-25-26-27)14(10-15)11-22-19(30)17-8-9-24-28(17)20(31)18(29)13-4-2-1-3-5-13/h1-7,9-10,12,17-18,29H,8,11H2,(H,22,30)/t17-,18+/m0/s1. The second kappa shape index (κ2) is 9.02. The lowest BCUT2D eigenvalue weighted by molar-refractivity contribution is -0.146. The third-order valence-corrected chi connectivity index (χ3v) is 5.03. The van der Waals surface area contributed by atoms with Crippen molar-refractivity contribution in [1.29, 1.82) is 0 Å². The summed E-state index contributed by atoms with van der Waals surface area (Å²) in [4.78, 5) is 25.6. The van der Waals surface area contributed by atoms with Gasteiger partial charge < -0.3 is 10.4 Å². The monoisotopic (exact) mass is 439 g/mol. The lowest BCUT2D eigenvalue weighted by Gasteiger charge is -2.24. The molecule has 1 aliphatic rings. The van der Waals surface area contributed by atoms with Crippen LogP contribution in [0.15, 0.2) is 60.0 Å². The Bertz CT molecular complexity index is 1110. The van der Waals surface area contributed by atoms with Gasteiger partial charge in [-0.05, 0) is 39.8 Å². The van der Waals surface area contributed by atoms with Crippen LogP contribution in [-0.2, 0) is 16.1 Å². The molecule has 2 heterocycles. The first kappa shape index (κ1) is 20.6. The Kier molecular flexibility index (Phi) is 6.01. The molecule has 2 atom stereocenters. The highest BCUT2D eigenvalue weighted by Gasteiger charge is 2.36. The van der Waals surface area contributed by atoms with E-state index in [0.29, 0.717) is 21.8 Å². The third-order valence-electron chi connectivity index (χ3n) is 4.80. The van der Waals surface area contributed by atoms with Crippen molar-refractivity contribution in [2.75, 3.05) is 0 Å². The number of nitrogens with zero attached hydrogens (tertiary/aromatic N) is 6. The summed E-state index contributed by atoms with van der Waals surface area (Å²) in [7, 11) is 0. The number of halogens is 1. The van der Waals surface area contributed by atoms with E-state index < -0.39 is 24.0 Å². The van der Waals surface area contributed by atoms with Crippen LogP contribution < -0.4 is 5.32 Å². The van der Waals surface area contributed by atoms with Crippen molar-refractivity contribution in [1.82, 2.24) is 30.5 Å². The molecule has 158 valence electrons. The zero-order chi connectivity index (χ0) is 21.8. The summed E-state index contributed by atoms with van der Waals surface area (Å²) in [6.07, 6.45) is 1.75. The van der Waals surface area contributed by atoms with Crippen molar-refractivity contribution in [3.05, 3.63) is 71.0 Å². The van der Waals surface area contributed by atoms with Gasteiger partial charge >= 0.3 is 0 Å². The van der Waals surface area contributed by atoms with Gasteiger partial charge in [-0.2, -0.15) is 5.10 Å². The van der Waals surface area contributed by atoms with Crippen LogP contribution in [-0.4, -0.2) is 54.4 Å². The lowest BCUT2D eigenvalue weighted by atomic mass is 10.1. The van der Waals surface area contributed by atoms with Crippen LogP contribution in [0.5, 0.6) is 0 Å². The molecular weight excluding hydrogens is 422 g/mol. The summed E-state index contributed by atoms with van der Waals surface area (Å²) in [6.45, 7) is 0.133. The number of hydrogen-bond acceptors (Lipinski definition) is 7. The van der Waals surface area contributed by atoms with Gasteiger partial charge in [0.2, 0.25) is 5.91 Å². The molecule has 2 N–H and O–H groups in total. The van der Waals surface area contributed by atoms with Crippen LogP contribution in [0.1, 0.15) is 23.7 Å². The lowest BCUT2D eigenvalue weighted by Crippen LogP contribution is -2.46. The van der Waals surface area contributed by atoms with Crippen LogP contribution in [0, 0.1) is 0 Å². The minimum Gasteiger partial charge on any atom is -0.378 e. The van der Waals surface area contributed by atoms with E-state index in [1.54, 1.807) is 48.5 Å². The Morgan fingerprint density at radius 1 is 1.23 bits per heavy atom. The van der Waals surface area contributed by atoms with E-state index in [1.807, 2.05) is 0 Å². The van der Waals surface area contributed by atoms with E-state index in [4.69, 9.17) is 11.6 Å². The highest BCUT2D eigenvalue weighted by Crippen LogP contribution is 2.22. The number of aromatic nitrogens is 4. The molecule has 11 heteroatoms. The average Bonchev–Trinajstić information content (AvgIpc) is 3.49. The van der Waals surface area contributed by atoms with Crippen molar-refractivity contribution >= 4 is 29.6 Å². The van der Waals surface area contributed by atoms with Crippen molar-refractivity contribution in [2.24, 2.45) is 5.10 Å². The highest BCUT2D eigenvalue weighted by molar-refractivity contribution is 6.30. The number of carbonyl (C=O) groups excluding carboxylic acids is 2. The first-order chi connectivity index (χ1) is 15.0. The maximum Gasteiger partial charge on any atom is 0.276 e. The number of hydrogen-bond donors (Lipinski definition) is 2. The zero-order valence-electron chi connectivity index (χ0n) is 16.2. The van der Waals surface area contributed by atoms with Gasteiger partial charge in [-0.25, -0.2) is 9.69 Å². The van der Waals surface area contributed by atoms with Gasteiger partial charge in [0.05, 0.1) is 5.69 Å². The fraction of sp³-hybridized carbons (Fsp3) is 0.200. The number of benzene rings is 2. The summed E-state index contributed by atoms with van der Waals surface area (Å²) in [5.74, 6) is -1.08. The van der Waals surface area contributed by atoms with Gasteiger partial charge in [-0.1, -0.05) is 41.9 Å². The first-order valence-electron chi connectivity index (χ1n) is 9.42. The maximum atomic E-state index is 12.8. The van der Waals surface area contributed by atoms with Crippen molar-refractivity contribution in [2.45, 2.75) is 25.1 Å². The molecule has 31 heavy (non-hydrogen) atoms. The van der Waals surface area contributed by atoms with Gasteiger partial charge in [0, 0.05) is 24.2 Å². The fourth-order valence-corrected chi connectivity index (χ4v) is 3.43. The summed E-state index contributed by atoms with van der Waals surface area (Å²) >= 11 is 6.10. The number of amides is 2. The molecule has 0 aliphatic carbocycles. The van der Waals surface area contributed by atoms with E-state index in [1.165, 1.54) is 17.2 Å². The van der Waals surface area contributed by atoms with Crippen LogP contribution in [0.4, 0.5) is 0 Å². The van der Waals surface area contributed by atoms with Crippen LogP contribution >= 0.6 is 11.6 Å². The smallest absolute Gasteiger partial charge is 0.276 e. The molecule has 0 spiro atoms. The topological polar surface area (TPSA) is 126 Å². The second-order valence-electron chi connectivity index (χ2n) is 6.79. The van der Waals surface area contributed by atoms with Crippen LogP contribution in [0.2, 0.25) is 5.02 Å². The molecule has 1 aromatic heterocycles. The Morgan fingerprint density at radius 2 is 2.03 bits per heavy atom. The number of hydrazone groups is 1. The fourth-order valence-electron chi connectivity index (χ4n) is 3.24. The summed E-state index contributed by atoms with van der Waals surface area (Å²) in [5, 5.41) is 29.8. The highest BCUT2D eigenvalue weighted by atomic mass is 35.5. The minimum absolute atomic E-state index is 0.133. The molecule has 0 unspecified atom stereocenters. The molecule has 10 nitrogen and oxygen atoms in total. The summed E-state index contributed by atoms with van der Waals surface area (Å²) in [6, 6.07) is 12.8. The number of nitrogens with one attached hydrogen (secondary N) is 1. The molecule has 0 bridgehead atoms. The first-order valence-corrected chi connectivity index (χ1v) is 9.80. The molecule has 3 aromatic rings. The van der Waals surface area contributed by atoms with Gasteiger partial charge in [-0.15, -0.1) is 5.10 Å². The SMILES string of the molecule is O=C(NCc1cc(Cl)ccc1-n1cnnn1)[C@@H]1CC=NN1C(=O)[C@H](O)c1ccccc1. The summed E-state index contributed by atoms with van der Waals surface area (Å²) < 4.78 is 1.46. The van der Waals surface area contributed by atoms with E-state index in [-0.39, 0.29) is 13.0 Å². The number of tetrazole rings is 1. The molecule has 0 fully saturated rings. The molecule has 1 aliphatic heterocycles. The predicted molar refractivity (Wildman–Crippen MR) is 111 cm³/mol. The van der Waals surface area contributed by atoms with Gasteiger partial charge in [0.25, 0.3) is 5.91 Å². The molecule has 0 saturated heterocycles. The molecule has 2 aromatic carbocycles. The number of aliphatic hydroxyl groups is 1. The third kappa shape index (κ3) is 4.44. The van der Waals surface area contributed by atoms with Gasteiger partial charge in [0.1, 0.15) is 12.4 Å². The quantitative estimate of drug-likeness (QED) is 0.595. The van der Waals surface area contributed by atoms with Gasteiger partial charge in [0.15, 0.2) is 6.10 Å². The van der Waals surface area contributed by atoms with Crippen LogP contribution in [0.3, 0.4) is 0 Å². The minimum atomic E-state index is -1.41. The largest absolute Gasteiger partial charge is 0.378 e. The molecule has 2 amide bonds. The number of rotatable bonds is 6. The van der Waals surface area contributed by atoms with E-state index in [9.17, 15) is 14.7 Å². The van der Waals surface area contributed by atoms with E-state index in [0.717, 1.165) is 5.01 Å². The second-order valence-corrected chi connectivity index (χ2v) is 7.23. The van der Waals surface area contributed by atoms with Crippen molar-refractivity contribution in [3.8, 4) is 5.69 Å². The Balaban J connectivity index is 1.46. The Hall–Kier alpha value is -3.63. The number of aliphatic hydroxyl groups excluding tert-OH is 1. The van der Waals surface area contributed by atoms with Crippen molar-refractivity contribution in [3.63, 3.8) is 0 Å².